The second-order valence-corrected chi connectivity index (χ2v) is 16.8. The Hall–Kier alpha value is -7.86. The van der Waals surface area contributed by atoms with Crippen LogP contribution in [0.5, 0.6) is 0 Å². The number of aromatic nitrogens is 4. The zero-order valence-corrected chi connectivity index (χ0v) is 34.3. The second-order valence-electron chi connectivity index (χ2n) is 15.8. The van der Waals surface area contributed by atoms with Crippen LogP contribution in [0.1, 0.15) is 22.3 Å². The SMILES string of the molecule is c1ccc(-c2nc(-c3cccc(-c4ccc5ccc6nc(-c7ccccc7)sc6c5c4)c3)nc(-c3ccc4c(c3)-c3ccccc3C4(c3ccccc3)c3ccccc3)n2)cc1. The molecule has 9 aromatic carbocycles. The van der Waals surface area contributed by atoms with Gasteiger partial charge in [0.2, 0.25) is 0 Å². The minimum Gasteiger partial charge on any atom is -0.236 e. The van der Waals surface area contributed by atoms with Gasteiger partial charge in [-0.1, -0.05) is 194 Å². The molecule has 0 N–H and O–H groups in total. The highest BCUT2D eigenvalue weighted by Crippen LogP contribution is 2.56. The summed E-state index contributed by atoms with van der Waals surface area (Å²) in [7, 11) is 0. The van der Waals surface area contributed by atoms with E-state index < -0.39 is 5.41 Å². The van der Waals surface area contributed by atoms with E-state index >= 15 is 0 Å². The number of fused-ring (bicyclic) bond motifs is 6. The molecule has 0 bridgehead atoms. The van der Waals surface area contributed by atoms with Crippen molar-refractivity contribution in [3.05, 3.63) is 241 Å². The first-order chi connectivity index (χ1) is 30.7. The summed E-state index contributed by atoms with van der Waals surface area (Å²) < 4.78 is 1.19. The van der Waals surface area contributed by atoms with Crippen LogP contribution < -0.4 is 0 Å². The quantitative estimate of drug-likeness (QED) is 0.161. The van der Waals surface area contributed by atoms with Gasteiger partial charge in [-0.3, -0.25) is 0 Å². The molecule has 0 radical (unpaired) electrons. The third-order valence-electron chi connectivity index (χ3n) is 12.2. The normalized spacial score (nSPS) is 12.6. The lowest BCUT2D eigenvalue weighted by atomic mass is 9.67. The molecule has 0 unspecified atom stereocenters. The Bertz CT molecular complexity index is 3420. The van der Waals surface area contributed by atoms with Crippen molar-refractivity contribution in [3.8, 4) is 67.0 Å². The Morgan fingerprint density at radius 1 is 0.339 bits per heavy atom. The van der Waals surface area contributed by atoms with Crippen molar-refractivity contribution in [2.45, 2.75) is 5.41 Å². The minimum absolute atomic E-state index is 0.481. The molecule has 0 saturated heterocycles. The summed E-state index contributed by atoms with van der Waals surface area (Å²) in [5.74, 6) is 1.88. The molecule has 290 valence electrons. The zero-order chi connectivity index (χ0) is 41.0. The summed E-state index contributed by atoms with van der Waals surface area (Å²) in [5.41, 5.74) is 14.0. The van der Waals surface area contributed by atoms with Gasteiger partial charge in [-0.05, 0) is 74.2 Å². The molecule has 1 aliphatic carbocycles. The van der Waals surface area contributed by atoms with Gasteiger partial charge in [-0.25, -0.2) is 19.9 Å². The first-order valence-corrected chi connectivity index (χ1v) is 21.7. The number of hydrogen-bond acceptors (Lipinski definition) is 5. The molecule has 1 aliphatic rings. The minimum atomic E-state index is -0.481. The Balaban J connectivity index is 0.994. The topological polar surface area (TPSA) is 51.6 Å². The molecule has 2 aromatic heterocycles. The summed E-state index contributed by atoms with van der Waals surface area (Å²) in [6.45, 7) is 0. The predicted octanol–water partition coefficient (Wildman–Crippen LogP) is 14.3. The van der Waals surface area contributed by atoms with Crippen molar-refractivity contribution < 1.29 is 0 Å². The number of hydrogen-bond donors (Lipinski definition) is 0. The molecule has 0 fully saturated rings. The lowest BCUT2D eigenvalue weighted by Crippen LogP contribution is -2.28. The fourth-order valence-corrected chi connectivity index (χ4v) is 10.5. The van der Waals surface area contributed by atoms with Gasteiger partial charge in [-0.15, -0.1) is 11.3 Å². The van der Waals surface area contributed by atoms with E-state index in [1.54, 1.807) is 11.3 Å². The van der Waals surface area contributed by atoms with Crippen molar-refractivity contribution in [1.82, 2.24) is 19.9 Å². The largest absolute Gasteiger partial charge is 0.236 e. The van der Waals surface area contributed by atoms with Gasteiger partial charge in [0.05, 0.1) is 15.6 Å². The molecular formula is C57H36N4S. The standard InChI is InChI=1S/C57H36N4S/c1-5-16-38(17-6-1)53-59-54(42-21-15-20-40(34-42)41-29-28-37-31-33-51-52(47(37)35-41)62-56(58-51)39-18-7-2-8-19-39)61-55(60-53)43-30-32-50-48(36-43)46-26-13-14-27-49(46)57(50,44-22-9-3-10-23-44)45-24-11-4-12-25-45/h1-36H. The lowest BCUT2D eigenvalue weighted by molar-refractivity contribution is 0.768. The number of thiazole rings is 1. The Morgan fingerprint density at radius 3 is 1.56 bits per heavy atom. The van der Waals surface area contributed by atoms with Crippen molar-refractivity contribution in [3.63, 3.8) is 0 Å². The van der Waals surface area contributed by atoms with Crippen LogP contribution in [0.25, 0.3) is 88.0 Å². The van der Waals surface area contributed by atoms with Crippen LogP contribution in [0.3, 0.4) is 0 Å². The molecule has 0 spiro atoms. The maximum Gasteiger partial charge on any atom is 0.164 e. The monoisotopic (exact) mass is 808 g/mol. The van der Waals surface area contributed by atoms with Crippen molar-refractivity contribution in [2.24, 2.45) is 0 Å². The molecule has 5 heteroatoms. The van der Waals surface area contributed by atoms with Gasteiger partial charge in [-0.2, -0.15) is 0 Å². The summed E-state index contributed by atoms with van der Waals surface area (Å²) in [6, 6.07) is 77.6. The van der Waals surface area contributed by atoms with E-state index in [0.717, 1.165) is 43.9 Å². The van der Waals surface area contributed by atoms with E-state index in [0.29, 0.717) is 17.5 Å². The molecular weight excluding hydrogens is 773 g/mol. The molecule has 0 saturated carbocycles. The summed E-state index contributed by atoms with van der Waals surface area (Å²) in [4.78, 5) is 20.6. The molecule has 11 aromatic rings. The molecule has 0 atom stereocenters. The van der Waals surface area contributed by atoms with Gasteiger partial charge in [0, 0.05) is 27.6 Å². The lowest BCUT2D eigenvalue weighted by Gasteiger charge is -2.33. The number of benzene rings is 9. The summed E-state index contributed by atoms with van der Waals surface area (Å²) in [5, 5.41) is 3.41. The van der Waals surface area contributed by atoms with Crippen molar-refractivity contribution in [2.75, 3.05) is 0 Å². The molecule has 0 aliphatic heterocycles. The highest BCUT2D eigenvalue weighted by molar-refractivity contribution is 7.22. The van der Waals surface area contributed by atoms with Crippen LogP contribution in [-0.4, -0.2) is 19.9 Å². The van der Waals surface area contributed by atoms with E-state index in [2.05, 4.69) is 194 Å². The second kappa shape index (κ2) is 14.7. The van der Waals surface area contributed by atoms with E-state index in [1.165, 1.54) is 48.9 Å². The third-order valence-corrected chi connectivity index (χ3v) is 13.4. The first-order valence-electron chi connectivity index (χ1n) is 20.9. The van der Waals surface area contributed by atoms with Crippen LogP contribution in [0.15, 0.2) is 218 Å². The predicted molar refractivity (Wildman–Crippen MR) is 255 cm³/mol. The van der Waals surface area contributed by atoms with Gasteiger partial charge in [0.15, 0.2) is 17.5 Å². The molecule has 12 rings (SSSR count). The van der Waals surface area contributed by atoms with Crippen LogP contribution >= 0.6 is 11.3 Å². The van der Waals surface area contributed by atoms with Gasteiger partial charge < -0.3 is 0 Å². The maximum absolute atomic E-state index is 5.26. The smallest absolute Gasteiger partial charge is 0.164 e. The Kier molecular flexibility index (Phi) is 8.54. The fourth-order valence-electron chi connectivity index (χ4n) is 9.37. The fraction of sp³-hybridized carbons (Fsp3) is 0.0175. The summed E-state index contributed by atoms with van der Waals surface area (Å²) in [6.07, 6.45) is 0. The van der Waals surface area contributed by atoms with Crippen LogP contribution in [0.2, 0.25) is 0 Å². The number of rotatable bonds is 7. The Labute approximate surface area is 363 Å². The molecule has 4 nitrogen and oxygen atoms in total. The maximum atomic E-state index is 5.26. The van der Waals surface area contributed by atoms with Crippen molar-refractivity contribution in [1.29, 1.82) is 0 Å². The van der Waals surface area contributed by atoms with Gasteiger partial charge >= 0.3 is 0 Å². The molecule has 2 heterocycles. The van der Waals surface area contributed by atoms with Gasteiger partial charge in [0.25, 0.3) is 0 Å². The van der Waals surface area contributed by atoms with Crippen molar-refractivity contribution >= 4 is 32.3 Å². The van der Waals surface area contributed by atoms with Gasteiger partial charge in [0.1, 0.15) is 5.01 Å². The van der Waals surface area contributed by atoms with E-state index in [4.69, 9.17) is 19.9 Å². The third kappa shape index (κ3) is 5.89. The zero-order valence-electron chi connectivity index (χ0n) is 33.5. The highest BCUT2D eigenvalue weighted by Gasteiger charge is 2.46. The average molecular weight is 809 g/mol. The number of nitrogens with zero attached hydrogens (tertiary/aromatic N) is 4. The van der Waals surface area contributed by atoms with E-state index in [9.17, 15) is 0 Å². The highest BCUT2D eigenvalue weighted by atomic mass is 32.1. The van der Waals surface area contributed by atoms with E-state index in [-0.39, 0.29) is 0 Å². The van der Waals surface area contributed by atoms with E-state index in [1.807, 2.05) is 24.3 Å². The van der Waals surface area contributed by atoms with Crippen LogP contribution in [-0.2, 0) is 5.41 Å². The average Bonchev–Trinajstić information content (AvgIpc) is 3.93. The Morgan fingerprint density at radius 2 is 0.855 bits per heavy atom. The van der Waals surface area contributed by atoms with Crippen LogP contribution in [0.4, 0.5) is 0 Å². The van der Waals surface area contributed by atoms with Crippen LogP contribution in [0, 0.1) is 0 Å². The molecule has 62 heavy (non-hydrogen) atoms. The summed E-state index contributed by atoms with van der Waals surface area (Å²) >= 11 is 1.75. The first kappa shape index (κ1) is 36.0. The molecule has 0 amide bonds.